The largest absolute Gasteiger partial charge is 0.374 e. The van der Waals surface area contributed by atoms with Crippen LogP contribution < -0.4 is 37.2 Å². The van der Waals surface area contributed by atoms with Gasteiger partial charge in [-0.15, -0.1) is 0 Å². The molecule has 3 amide bonds. The van der Waals surface area contributed by atoms with Crippen molar-refractivity contribution in [3.8, 4) is 0 Å². The predicted octanol–water partition coefficient (Wildman–Crippen LogP) is 6.74. The lowest BCUT2D eigenvalue weighted by molar-refractivity contribution is -0.133. The number of piperidine rings is 2. The lowest BCUT2D eigenvalue weighted by Gasteiger charge is -2.43. The molecule has 1 unspecified atom stereocenters. The molecule has 4 aromatic rings. The first-order valence-electron chi connectivity index (χ1n) is 21.9. The van der Waals surface area contributed by atoms with Crippen LogP contribution in [0.3, 0.4) is 0 Å². The van der Waals surface area contributed by atoms with Crippen LogP contribution in [0.15, 0.2) is 66.9 Å². The lowest BCUT2D eigenvalue weighted by atomic mass is 9.98. The van der Waals surface area contributed by atoms with Crippen LogP contribution in [0.4, 0.5) is 34.5 Å². The molecule has 6 N–H and O–H groups in total. The summed E-state index contributed by atoms with van der Waals surface area (Å²) >= 11 is 6.51. The number of carbonyl (C=O) groups excluding carboxylic acids is 3. The first-order valence-corrected chi connectivity index (χ1v) is 24.9. The van der Waals surface area contributed by atoms with Crippen molar-refractivity contribution in [1.29, 1.82) is 0 Å². The molecule has 14 nitrogen and oxygen atoms in total. The van der Waals surface area contributed by atoms with Crippen molar-refractivity contribution in [2.45, 2.75) is 76.8 Å². The first-order chi connectivity index (χ1) is 29.8. The monoisotopic (exact) mass is 882 g/mol. The van der Waals surface area contributed by atoms with Gasteiger partial charge >= 0.3 is 0 Å². The van der Waals surface area contributed by atoms with Gasteiger partial charge in [-0.3, -0.25) is 24.6 Å². The molecule has 1 aromatic heterocycles. The van der Waals surface area contributed by atoms with Gasteiger partial charge in [0.25, 0.3) is 5.91 Å². The molecule has 0 spiro atoms. The number of rotatable bonds is 17. The molecule has 4 heterocycles. The molecule has 0 radical (unpaired) electrons. The van der Waals surface area contributed by atoms with E-state index in [1.165, 1.54) is 24.6 Å². The number of primary amides is 1. The number of nitrogens with two attached hydrogens (primary N) is 1. The Labute approximate surface area is 370 Å². The van der Waals surface area contributed by atoms with E-state index < -0.39 is 13.0 Å². The second-order valence-corrected chi connectivity index (χ2v) is 20.6. The van der Waals surface area contributed by atoms with Gasteiger partial charge in [-0.05, 0) is 112 Å². The number of nitrogens with one attached hydrogen (secondary N) is 4. The topological polar surface area (TPSA) is 178 Å². The molecule has 3 fully saturated rings. The van der Waals surface area contributed by atoms with Gasteiger partial charge in [0.2, 0.25) is 17.8 Å². The number of benzene rings is 3. The summed E-state index contributed by atoms with van der Waals surface area (Å²) in [6, 6.07) is 19.7. The van der Waals surface area contributed by atoms with Crippen molar-refractivity contribution in [3.05, 3.63) is 88.6 Å². The van der Waals surface area contributed by atoms with Crippen LogP contribution in [-0.4, -0.2) is 109 Å². The molecular weight excluding hydrogens is 823 g/mol. The van der Waals surface area contributed by atoms with Crippen molar-refractivity contribution in [1.82, 2.24) is 25.1 Å². The average molecular weight is 883 g/mol. The van der Waals surface area contributed by atoms with Crippen LogP contribution in [0, 0.1) is 0 Å². The fourth-order valence-corrected chi connectivity index (χ4v) is 10.1. The van der Waals surface area contributed by atoms with Crippen molar-refractivity contribution >= 4 is 76.3 Å². The molecule has 3 aromatic carbocycles. The van der Waals surface area contributed by atoms with E-state index in [1.54, 1.807) is 13.3 Å². The Morgan fingerprint density at radius 2 is 1.66 bits per heavy atom. The smallest absolute Gasteiger partial charge is 0.250 e. The lowest BCUT2D eigenvalue weighted by Crippen LogP contribution is -2.53. The van der Waals surface area contributed by atoms with Crippen LogP contribution in [-0.2, 0) is 27.0 Å². The molecule has 3 saturated heterocycles. The zero-order chi connectivity index (χ0) is 43.8. The van der Waals surface area contributed by atoms with Crippen LogP contribution >= 0.6 is 18.7 Å². The highest BCUT2D eigenvalue weighted by molar-refractivity contribution is 7.70. The maximum absolute atomic E-state index is 13.0. The molecule has 330 valence electrons. The first kappa shape index (κ1) is 45.0. The number of hydrogen-bond donors (Lipinski definition) is 5. The third kappa shape index (κ3) is 11.5. The van der Waals surface area contributed by atoms with E-state index in [9.17, 15) is 18.9 Å². The van der Waals surface area contributed by atoms with Crippen LogP contribution in [0.25, 0.3) is 0 Å². The molecule has 0 aliphatic carbocycles. The summed E-state index contributed by atoms with van der Waals surface area (Å²) < 4.78 is 13.0. The number of hydrogen-bond acceptors (Lipinski definition) is 12. The Balaban J connectivity index is 0.862. The number of aromatic nitrogens is 2. The van der Waals surface area contributed by atoms with Crippen molar-refractivity contribution in [2.24, 2.45) is 5.73 Å². The summed E-state index contributed by atoms with van der Waals surface area (Å²) in [5, 5.41) is 13.1. The quantitative estimate of drug-likeness (QED) is 0.0429. The van der Waals surface area contributed by atoms with Gasteiger partial charge < -0.3 is 36.0 Å². The Bertz CT molecular complexity index is 2270. The molecule has 62 heavy (non-hydrogen) atoms. The number of unbranched alkanes of at least 4 members (excludes halogenated alkanes) is 2. The fraction of sp³-hybridized carbons (Fsp3) is 0.457. The number of nitrogens with zero attached hydrogens (tertiary/aromatic N) is 5. The zero-order valence-corrected chi connectivity index (χ0v) is 37.7. The van der Waals surface area contributed by atoms with Crippen LogP contribution in [0.1, 0.15) is 73.4 Å². The number of para-hydroxylation sites is 1. The zero-order valence-electron chi connectivity index (χ0n) is 36.1. The number of carbonyl (C=O) groups is 3. The van der Waals surface area contributed by atoms with E-state index in [0.717, 1.165) is 94.9 Å². The van der Waals surface area contributed by atoms with Crippen LogP contribution in [0.5, 0.6) is 0 Å². The van der Waals surface area contributed by atoms with E-state index in [0.29, 0.717) is 52.0 Å². The predicted molar refractivity (Wildman–Crippen MR) is 251 cm³/mol. The summed E-state index contributed by atoms with van der Waals surface area (Å²) in [5.74, 6) is -0.408. The molecule has 3 aliphatic rings. The molecule has 0 saturated carbocycles. The average Bonchev–Trinajstić information content (AvgIpc) is 3.26. The Hall–Kier alpha value is -5.01. The minimum Gasteiger partial charge on any atom is -0.374 e. The third-order valence-electron chi connectivity index (χ3n) is 12.3. The van der Waals surface area contributed by atoms with Gasteiger partial charge in [-0.25, -0.2) is 4.98 Å². The third-order valence-corrected chi connectivity index (χ3v) is 14.1. The Morgan fingerprint density at radius 3 is 2.35 bits per heavy atom. The maximum Gasteiger partial charge on any atom is 0.250 e. The van der Waals surface area contributed by atoms with Gasteiger partial charge in [0.15, 0.2) is 5.82 Å². The van der Waals surface area contributed by atoms with Gasteiger partial charge in [-0.1, -0.05) is 49.2 Å². The molecule has 16 heteroatoms. The summed E-state index contributed by atoms with van der Waals surface area (Å²) in [6.45, 7) is 12.9. The molecule has 1 atom stereocenters. The number of piperazine rings is 1. The Morgan fingerprint density at radius 1 is 0.919 bits per heavy atom. The second kappa shape index (κ2) is 20.4. The van der Waals surface area contributed by atoms with Gasteiger partial charge in [0.1, 0.15) is 18.2 Å². The van der Waals surface area contributed by atoms with E-state index in [-0.39, 0.29) is 23.8 Å². The standard InChI is InChI=1S/C46H60ClN10O4P/c1-4-32-28-39(52-46-49-30-36(47)44(54-46)51-37-11-7-8-12-41(37)62(2,3)61)35(43(48)59)29-40(32)57-22-19-34(20-23-57)56-26-24-55(25-27-56)21-9-5-6-10-31-13-15-33(16-14-31)50-38-17-18-42(58)53-45(38)60/h7-8,11-16,28-30,34,38,50H,4-6,9-10,17-27H2,1-3H3,(H2,48,59)(H,53,58,60)(H2,49,51,52,54). The fourth-order valence-electron chi connectivity index (χ4n) is 8.80. The highest BCUT2D eigenvalue weighted by Gasteiger charge is 2.30. The summed E-state index contributed by atoms with van der Waals surface area (Å²) in [6.07, 6.45) is 9.83. The number of aryl methyl sites for hydroxylation is 2. The number of anilines is 6. The van der Waals surface area contributed by atoms with Gasteiger partial charge in [-0.2, -0.15) is 4.98 Å². The molecular formula is C46H60ClN10O4P. The van der Waals surface area contributed by atoms with E-state index in [1.807, 2.05) is 48.5 Å². The molecule has 3 aliphatic heterocycles. The van der Waals surface area contributed by atoms with Gasteiger partial charge in [0, 0.05) is 68.4 Å². The Kier molecular flexibility index (Phi) is 14.9. The van der Waals surface area contributed by atoms with Crippen molar-refractivity contribution < 1.29 is 18.9 Å². The van der Waals surface area contributed by atoms with E-state index in [4.69, 9.17) is 17.3 Å². The van der Waals surface area contributed by atoms with Gasteiger partial charge in [0.05, 0.1) is 23.1 Å². The minimum atomic E-state index is -2.59. The van der Waals surface area contributed by atoms with E-state index >= 15 is 0 Å². The van der Waals surface area contributed by atoms with Crippen molar-refractivity contribution in [2.75, 3.05) is 80.0 Å². The molecule has 7 rings (SSSR count). The van der Waals surface area contributed by atoms with Crippen molar-refractivity contribution in [3.63, 3.8) is 0 Å². The highest BCUT2D eigenvalue weighted by Crippen LogP contribution is 2.39. The normalized spacial score (nSPS) is 18.1. The highest BCUT2D eigenvalue weighted by atomic mass is 35.5. The number of amides is 3. The van der Waals surface area contributed by atoms with E-state index in [2.05, 4.69) is 65.0 Å². The summed E-state index contributed by atoms with van der Waals surface area (Å²) in [5.41, 5.74) is 11.9. The second-order valence-electron chi connectivity index (χ2n) is 17.0. The number of imide groups is 1. The summed E-state index contributed by atoms with van der Waals surface area (Å²) in [4.78, 5) is 53.1. The van der Waals surface area contributed by atoms with Crippen LogP contribution in [0.2, 0.25) is 5.02 Å². The number of halogens is 1. The SMILES string of the molecule is CCc1cc(Nc2ncc(Cl)c(Nc3ccccc3P(C)(C)=O)n2)c(C(N)=O)cc1N1CCC(N2CCN(CCCCCc3ccc(NC4CCC(=O)NC4=O)cc3)CC2)CC1. The minimum absolute atomic E-state index is 0.202. The molecule has 0 bridgehead atoms. The maximum atomic E-state index is 13.0. The summed E-state index contributed by atoms with van der Waals surface area (Å²) in [7, 11) is -2.59.